The Kier molecular flexibility index (Phi) is 7.38. The van der Waals surface area contributed by atoms with Crippen molar-refractivity contribution >= 4 is 32.9 Å². The summed E-state index contributed by atoms with van der Waals surface area (Å²) in [5.74, 6) is 0.627. The van der Waals surface area contributed by atoms with Gasteiger partial charge in [-0.3, -0.25) is 0 Å². The predicted octanol–water partition coefficient (Wildman–Crippen LogP) is 14.2. The van der Waals surface area contributed by atoms with Gasteiger partial charge in [0.05, 0.1) is 11.2 Å². The Morgan fingerprint density at radius 3 is 1.93 bits per heavy atom. The maximum Gasteiger partial charge on any atom is 0.0706 e. The number of hydrogen-bond acceptors (Lipinski definition) is 1. The summed E-state index contributed by atoms with van der Waals surface area (Å²) >= 11 is 0. The van der Waals surface area contributed by atoms with Crippen molar-refractivity contribution in [3.8, 4) is 22.3 Å². The van der Waals surface area contributed by atoms with Gasteiger partial charge in [-0.05, 0) is 96.7 Å². The summed E-state index contributed by atoms with van der Waals surface area (Å²) in [6, 6.07) is 65.8. The molecule has 1 fully saturated rings. The second-order valence-electron chi connectivity index (χ2n) is 16.5. The van der Waals surface area contributed by atoms with E-state index in [4.69, 9.17) is 0 Å². The molecule has 0 amide bonds. The van der Waals surface area contributed by atoms with E-state index >= 15 is 0 Å². The zero-order valence-corrected chi connectivity index (χ0v) is 31.9. The highest BCUT2D eigenvalue weighted by Crippen LogP contribution is 2.60. The van der Waals surface area contributed by atoms with Gasteiger partial charge in [-0.15, -0.1) is 0 Å². The monoisotopic (exact) mass is 717 g/mol. The molecule has 3 aliphatic carbocycles. The van der Waals surface area contributed by atoms with Crippen LogP contribution in [0.1, 0.15) is 54.0 Å². The van der Waals surface area contributed by atoms with Crippen LogP contribution in [0.5, 0.6) is 0 Å². The lowest BCUT2D eigenvalue weighted by Gasteiger charge is -2.36. The molecule has 8 aromatic rings. The fourth-order valence-electron chi connectivity index (χ4n) is 10.2. The van der Waals surface area contributed by atoms with Crippen LogP contribution in [-0.2, 0) is 5.41 Å². The summed E-state index contributed by atoms with van der Waals surface area (Å²) < 4.78 is 0. The van der Waals surface area contributed by atoms with Gasteiger partial charge in [0.2, 0.25) is 0 Å². The lowest BCUT2D eigenvalue weighted by molar-refractivity contribution is 0.660. The van der Waals surface area contributed by atoms with Crippen molar-refractivity contribution in [2.75, 3.05) is 4.90 Å². The van der Waals surface area contributed by atoms with Gasteiger partial charge < -0.3 is 4.90 Å². The molecule has 0 heterocycles. The largest absolute Gasteiger partial charge is 0.331 e. The second kappa shape index (κ2) is 12.5. The molecule has 0 spiro atoms. The van der Waals surface area contributed by atoms with Crippen molar-refractivity contribution in [1.29, 1.82) is 0 Å². The number of allylic oxidation sites excluding steroid dienone is 2. The van der Waals surface area contributed by atoms with E-state index in [1.165, 1.54) is 83.0 Å². The minimum Gasteiger partial charge on any atom is -0.331 e. The molecule has 0 N–H and O–H groups in total. The first kappa shape index (κ1) is 32.9. The van der Waals surface area contributed by atoms with Crippen molar-refractivity contribution in [3.63, 3.8) is 0 Å². The predicted molar refractivity (Wildman–Crippen MR) is 236 cm³/mol. The van der Waals surface area contributed by atoms with Gasteiger partial charge >= 0.3 is 0 Å². The van der Waals surface area contributed by atoms with Crippen molar-refractivity contribution in [3.05, 3.63) is 228 Å². The third-order valence-corrected chi connectivity index (χ3v) is 13.0. The number of nitrogens with zero attached hydrogens (tertiary/aromatic N) is 1. The lowest BCUT2D eigenvalue weighted by Crippen LogP contribution is -2.34. The van der Waals surface area contributed by atoms with Gasteiger partial charge in [0, 0.05) is 28.5 Å². The number of hydrogen-bond donors (Lipinski definition) is 0. The Morgan fingerprint density at radius 2 is 1.18 bits per heavy atom. The fraction of sp³-hybridized carbons (Fsp3) is 0.127. The fourth-order valence-corrected chi connectivity index (χ4v) is 10.2. The minimum atomic E-state index is -0.119. The van der Waals surface area contributed by atoms with Gasteiger partial charge in [-0.1, -0.05) is 190 Å². The molecule has 0 bridgehead atoms. The summed E-state index contributed by atoms with van der Waals surface area (Å²) in [4.78, 5) is 2.67. The van der Waals surface area contributed by atoms with Crippen LogP contribution in [0.3, 0.4) is 0 Å². The summed E-state index contributed by atoms with van der Waals surface area (Å²) in [6.45, 7) is 4.79. The topological polar surface area (TPSA) is 3.24 Å². The molecule has 56 heavy (non-hydrogen) atoms. The van der Waals surface area contributed by atoms with Gasteiger partial charge in [0.25, 0.3) is 0 Å². The Bertz CT molecular complexity index is 2830. The Balaban J connectivity index is 1.13. The first-order chi connectivity index (χ1) is 27.5. The van der Waals surface area contributed by atoms with E-state index < -0.39 is 0 Å². The van der Waals surface area contributed by atoms with Gasteiger partial charge in [-0.2, -0.15) is 0 Å². The van der Waals surface area contributed by atoms with Crippen LogP contribution in [0.4, 0.5) is 11.4 Å². The van der Waals surface area contributed by atoms with Gasteiger partial charge in [0.15, 0.2) is 0 Å². The molecule has 11 rings (SSSR count). The Hall–Kier alpha value is -6.44. The molecular weight excluding hydrogens is 675 g/mol. The molecule has 2 unspecified atom stereocenters. The number of rotatable bonds is 7. The highest BCUT2D eigenvalue weighted by Gasteiger charge is 2.57. The summed E-state index contributed by atoms with van der Waals surface area (Å²) in [5.41, 5.74) is 14.2. The average molecular weight is 718 g/mol. The number of fused-ring (bicyclic) bond motifs is 7. The molecule has 1 heteroatoms. The minimum absolute atomic E-state index is 0.103. The molecule has 0 aliphatic heterocycles. The van der Waals surface area contributed by atoms with E-state index in [0.29, 0.717) is 5.92 Å². The molecule has 0 saturated heterocycles. The van der Waals surface area contributed by atoms with Crippen molar-refractivity contribution in [2.45, 2.75) is 37.1 Å². The van der Waals surface area contributed by atoms with E-state index in [1.807, 2.05) is 0 Å². The summed E-state index contributed by atoms with van der Waals surface area (Å²) in [6.07, 6.45) is 10.4. The normalized spacial score (nSPS) is 18.5. The molecule has 0 radical (unpaired) electrons. The van der Waals surface area contributed by atoms with Gasteiger partial charge in [0.1, 0.15) is 0 Å². The standard InChI is InChI=1S/C55H43N/c1-54(2)50-27-13-12-24-47(50)48-35-52(56(42-22-10-5-11-23-42)55-32-15-14-21-41(55)36-55)49(34-51(48)54)45-26-16-25-44-43-30-29-40(33-39(43)28-31-46(44)45)53(37-17-6-3-7-18-37)38-19-8-4-9-20-38/h3-35,41,53H,36H2,1-2H3. The molecular formula is C55H43N. The van der Waals surface area contributed by atoms with Crippen molar-refractivity contribution < 1.29 is 0 Å². The highest BCUT2D eigenvalue weighted by atomic mass is 15.3. The van der Waals surface area contributed by atoms with Crippen LogP contribution >= 0.6 is 0 Å². The van der Waals surface area contributed by atoms with Gasteiger partial charge in [-0.25, -0.2) is 0 Å². The smallest absolute Gasteiger partial charge is 0.0706 e. The molecule has 3 aliphatic rings. The van der Waals surface area contributed by atoms with E-state index in [9.17, 15) is 0 Å². The molecule has 0 aromatic heterocycles. The van der Waals surface area contributed by atoms with Crippen LogP contribution in [0.15, 0.2) is 200 Å². The number of benzene rings is 8. The lowest BCUT2D eigenvalue weighted by atomic mass is 9.80. The average Bonchev–Trinajstić information content (AvgIpc) is 3.95. The zero-order valence-electron chi connectivity index (χ0n) is 31.9. The SMILES string of the molecule is CC1(C)c2ccccc2-c2cc(N(c3ccccc3)C34C=CC=CC3C4)c(-c3cccc4c3ccc3cc(C(c5ccccc5)c5ccccc5)ccc34)cc21. The van der Waals surface area contributed by atoms with Crippen molar-refractivity contribution in [2.24, 2.45) is 5.92 Å². The van der Waals surface area contributed by atoms with Crippen LogP contribution in [0.2, 0.25) is 0 Å². The van der Waals surface area contributed by atoms with Crippen LogP contribution < -0.4 is 4.90 Å². The van der Waals surface area contributed by atoms with E-state index in [1.54, 1.807) is 0 Å². The van der Waals surface area contributed by atoms with E-state index in [2.05, 4.69) is 219 Å². The number of para-hydroxylation sites is 1. The van der Waals surface area contributed by atoms with Crippen LogP contribution in [0, 0.1) is 5.92 Å². The second-order valence-corrected chi connectivity index (χ2v) is 16.5. The first-order valence-corrected chi connectivity index (χ1v) is 20.1. The Morgan fingerprint density at radius 1 is 0.500 bits per heavy atom. The molecule has 268 valence electrons. The van der Waals surface area contributed by atoms with Crippen LogP contribution in [-0.4, -0.2) is 5.54 Å². The zero-order chi connectivity index (χ0) is 37.4. The quantitative estimate of drug-likeness (QED) is 0.117. The summed E-state index contributed by atoms with van der Waals surface area (Å²) in [5, 5.41) is 5.11. The molecule has 8 aromatic carbocycles. The third-order valence-electron chi connectivity index (χ3n) is 13.0. The molecule has 1 saturated carbocycles. The molecule has 2 atom stereocenters. The maximum atomic E-state index is 2.67. The maximum absolute atomic E-state index is 2.67. The third kappa shape index (κ3) is 5.00. The molecule has 1 nitrogen and oxygen atoms in total. The number of anilines is 2. The van der Waals surface area contributed by atoms with Crippen LogP contribution in [0.25, 0.3) is 43.8 Å². The summed E-state index contributed by atoms with van der Waals surface area (Å²) in [7, 11) is 0. The highest BCUT2D eigenvalue weighted by molar-refractivity contribution is 6.13. The van der Waals surface area contributed by atoms with E-state index in [0.717, 1.165) is 6.42 Å². The Labute approximate surface area is 329 Å². The van der Waals surface area contributed by atoms with Crippen molar-refractivity contribution in [1.82, 2.24) is 0 Å². The first-order valence-electron chi connectivity index (χ1n) is 20.1. The van der Waals surface area contributed by atoms with E-state index in [-0.39, 0.29) is 16.9 Å².